The van der Waals surface area contributed by atoms with E-state index >= 15 is 0 Å². The maximum Gasteiger partial charge on any atom is 0.322 e. The van der Waals surface area contributed by atoms with E-state index in [1.165, 1.54) is 0 Å². The van der Waals surface area contributed by atoms with Gasteiger partial charge in [-0.15, -0.1) is 0 Å². The molecule has 4 heteroatoms. The maximum absolute atomic E-state index is 11.9. The van der Waals surface area contributed by atoms with Crippen molar-refractivity contribution in [2.45, 2.75) is 65.0 Å². The molecule has 1 rings (SSSR count). The predicted octanol–water partition coefficient (Wildman–Crippen LogP) is 2.51. The second kappa shape index (κ2) is 9.32. The van der Waals surface area contributed by atoms with E-state index in [1.807, 2.05) is 6.92 Å². The second-order valence-electron chi connectivity index (χ2n) is 5.47. The monoisotopic (exact) mass is 271 g/mol. The summed E-state index contributed by atoms with van der Waals surface area (Å²) in [5, 5.41) is 3.36. The number of ether oxygens (including phenoxy) is 2. The van der Waals surface area contributed by atoms with Crippen LogP contribution in [0.3, 0.4) is 0 Å². The molecule has 1 heterocycles. The molecule has 2 unspecified atom stereocenters. The Bertz CT molecular complexity index is 252. The van der Waals surface area contributed by atoms with E-state index in [0.717, 1.165) is 45.3 Å². The summed E-state index contributed by atoms with van der Waals surface area (Å²) >= 11 is 0. The number of rotatable bonds is 8. The fourth-order valence-electron chi connectivity index (χ4n) is 2.41. The van der Waals surface area contributed by atoms with E-state index in [2.05, 4.69) is 19.2 Å². The van der Waals surface area contributed by atoms with Crippen LogP contribution in [0.4, 0.5) is 0 Å². The average molecular weight is 271 g/mol. The van der Waals surface area contributed by atoms with Crippen LogP contribution in [0.25, 0.3) is 0 Å². The molecule has 0 saturated carbocycles. The highest BCUT2D eigenvalue weighted by Gasteiger charge is 2.20. The van der Waals surface area contributed by atoms with Gasteiger partial charge in [0.25, 0.3) is 0 Å². The maximum atomic E-state index is 11.9. The minimum absolute atomic E-state index is 0.124. The first-order valence-electron chi connectivity index (χ1n) is 7.67. The van der Waals surface area contributed by atoms with Crippen LogP contribution in [0.1, 0.15) is 52.9 Å². The number of hydrogen-bond donors (Lipinski definition) is 1. The van der Waals surface area contributed by atoms with Crippen molar-refractivity contribution in [3.63, 3.8) is 0 Å². The second-order valence-corrected chi connectivity index (χ2v) is 5.47. The van der Waals surface area contributed by atoms with Crippen LogP contribution in [-0.4, -0.2) is 37.9 Å². The molecular weight excluding hydrogens is 242 g/mol. The van der Waals surface area contributed by atoms with Gasteiger partial charge in [-0.1, -0.05) is 20.3 Å². The molecule has 0 aromatic carbocycles. The normalized spacial score (nSPS) is 19.9. The van der Waals surface area contributed by atoms with Crippen LogP contribution in [0.5, 0.6) is 0 Å². The van der Waals surface area contributed by atoms with Gasteiger partial charge in [-0.25, -0.2) is 0 Å². The van der Waals surface area contributed by atoms with Gasteiger partial charge in [-0.05, 0) is 38.5 Å². The highest BCUT2D eigenvalue weighted by Crippen LogP contribution is 2.15. The number of carbonyl (C=O) groups excluding carboxylic acids is 1. The van der Waals surface area contributed by atoms with Crippen LogP contribution in [0, 0.1) is 5.92 Å². The first kappa shape index (κ1) is 16.4. The summed E-state index contributed by atoms with van der Waals surface area (Å²) in [6.45, 7) is 8.34. The van der Waals surface area contributed by atoms with Crippen molar-refractivity contribution in [3.8, 4) is 0 Å². The zero-order valence-corrected chi connectivity index (χ0v) is 12.6. The lowest BCUT2D eigenvalue weighted by Gasteiger charge is -2.24. The summed E-state index contributed by atoms with van der Waals surface area (Å²) in [7, 11) is 0. The van der Waals surface area contributed by atoms with Crippen molar-refractivity contribution < 1.29 is 14.3 Å². The highest BCUT2D eigenvalue weighted by molar-refractivity contribution is 5.75. The fourth-order valence-corrected chi connectivity index (χ4v) is 2.41. The SMILES string of the molecule is CCCC(CC)NC(C)C(=O)OCC1CCOCC1. The molecule has 0 radical (unpaired) electrons. The Labute approximate surface area is 117 Å². The van der Waals surface area contributed by atoms with Crippen molar-refractivity contribution in [2.24, 2.45) is 5.92 Å². The molecule has 0 aromatic rings. The standard InChI is InChI=1S/C15H29NO3/c1-4-6-14(5-2)16-12(3)15(17)19-11-13-7-9-18-10-8-13/h12-14,16H,4-11H2,1-3H3. The van der Waals surface area contributed by atoms with Gasteiger partial charge in [0.05, 0.1) is 6.61 Å². The molecular formula is C15H29NO3. The average Bonchev–Trinajstić information content (AvgIpc) is 2.45. The number of carbonyl (C=O) groups is 1. The van der Waals surface area contributed by atoms with E-state index in [9.17, 15) is 4.79 Å². The van der Waals surface area contributed by atoms with Gasteiger partial charge in [0.2, 0.25) is 0 Å². The van der Waals surface area contributed by atoms with E-state index in [-0.39, 0.29) is 12.0 Å². The summed E-state index contributed by atoms with van der Waals surface area (Å²) in [6, 6.07) is 0.201. The summed E-state index contributed by atoms with van der Waals surface area (Å²) < 4.78 is 10.7. The van der Waals surface area contributed by atoms with Crippen molar-refractivity contribution in [2.75, 3.05) is 19.8 Å². The first-order chi connectivity index (χ1) is 9.17. The van der Waals surface area contributed by atoms with Crippen LogP contribution < -0.4 is 5.32 Å². The Kier molecular flexibility index (Phi) is 8.07. The molecule has 19 heavy (non-hydrogen) atoms. The van der Waals surface area contributed by atoms with Gasteiger partial charge < -0.3 is 14.8 Å². The summed E-state index contributed by atoms with van der Waals surface area (Å²) in [5.74, 6) is 0.351. The van der Waals surface area contributed by atoms with Gasteiger partial charge in [-0.3, -0.25) is 4.79 Å². The third kappa shape index (κ3) is 6.39. The largest absolute Gasteiger partial charge is 0.464 e. The molecule has 112 valence electrons. The summed E-state index contributed by atoms with van der Waals surface area (Å²) in [5.41, 5.74) is 0. The van der Waals surface area contributed by atoms with Gasteiger partial charge >= 0.3 is 5.97 Å². The zero-order valence-electron chi connectivity index (χ0n) is 12.6. The number of hydrogen-bond acceptors (Lipinski definition) is 4. The predicted molar refractivity (Wildman–Crippen MR) is 76.1 cm³/mol. The third-order valence-corrected chi connectivity index (χ3v) is 3.77. The van der Waals surface area contributed by atoms with E-state index in [0.29, 0.717) is 18.6 Å². The van der Waals surface area contributed by atoms with E-state index in [4.69, 9.17) is 9.47 Å². The van der Waals surface area contributed by atoms with Crippen LogP contribution >= 0.6 is 0 Å². The molecule has 0 aliphatic carbocycles. The van der Waals surface area contributed by atoms with Gasteiger partial charge in [-0.2, -0.15) is 0 Å². The number of nitrogens with one attached hydrogen (secondary N) is 1. The minimum atomic E-state index is -0.212. The molecule has 1 N–H and O–H groups in total. The summed E-state index contributed by atoms with van der Waals surface area (Å²) in [6.07, 6.45) is 5.29. The van der Waals surface area contributed by atoms with Crippen molar-refractivity contribution >= 4 is 5.97 Å². The lowest BCUT2D eigenvalue weighted by Crippen LogP contribution is -2.42. The third-order valence-electron chi connectivity index (χ3n) is 3.77. The van der Waals surface area contributed by atoms with Gasteiger partial charge in [0.15, 0.2) is 0 Å². The molecule has 1 aliphatic heterocycles. The van der Waals surface area contributed by atoms with Crippen LogP contribution in [0.15, 0.2) is 0 Å². The fraction of sp³-hybridized carbons (Fsp3) is 0.933. The van der Waals surface area contributed by atoms with Gasteiger partial charge in [0, 0.05) is 19.3 Å². The summed E-state index contributed by atoms with van der Waals surface area (Å²) in [4.78, 5) is 11.9. The Morgan fingerprint density at radius 1 is 1.37 bits per heavy atom. The van der Waals surface area contributed by atoms with Crippen molar-refractivity contribution in [3.05, 3.63) is 0 Å². The number of esters is 1. The molecule has 1 aliphatic rings. The smallest absolute Gasteiger partial charge is 0.322 e. The lowest BCUT2D eigenvalue weighted by atomic mass is 10.0. The van der Waals surface area contributed by atoms with E-state index in [1.54, 1.807) is 0 Å². The Morgan fingerprint density at radius 2 is 2.05 bits per heavy atom. The minimum Gasteiger partial charge on any atom is -0.464 e. The Balaban J connectivity index is 2.23. The first-order valence-corrected chi connectivity index (χ1v) is 7.67. The molecule has 0 spiro atoms. The van der Waals surface area contributed by atoms with Crippen LogP contribution in [-0.2, 0) is 14.3 Å². The molecule has 4 nitrogen and oxygen atoms in total. The quantitative estimate of drug-likeness (QED) is 0.689. The van der Waals surface area contributed by atoms with Crippen molar-refractivity contribution in [1.82, 2.24) is 5.32 Å². The highest BCUT2D eigenvalue weighted by atomic mass is 16.5. The topological polar surface area (TPSA) is 47.6 Å². The van der Waals surface area contributed by atoms with E-state index < -0.39 is 0 Å². The molecule has 2 atom stereocenters. The Morgan fingerprint density at radius 3 is 2.63 bits per heavy atom. The lowest BCUT2D eigenvalue weighted by molar-refractivity contribution is -0.148. The molecule has 0 amide bonds. The zero-order chi connectivity index (χ0) is 14.1. The van der Waals surface area contributed by atoms with Gasteiger partial charge in [0.1, 0.15) is 6.04 Å². The Hall–Kier alpha value is -0.610. The molecule has 1 fully saturated rings. The van der Waals surface area contributed by atoms with Crippen LogP contribution in [0.2, 0.25) is 0 Å². The van der Waals surface area contributed by atoms with Crippen molar-refractivity contribution in [1.29, 1.82) is 0 Å². The molecule has 0 aromatic heterocycles. The molecule has 1 saturated heterocycles. The molecule has 0 bridgehead atoms.